The molecule has 0 aliphatic carbocycles. The highest BCUT2D eigenvalue weighted by molar-refractivity contribution is 6.17. The molecule has 0 N–H and O–H groups in total. The number of aryl methyl sites for hydroxylation is 1. The van der Waals surface area contributed by atoms with E-state index >= 15 is 0 Å². The van der Waals surface area contributed by atoms with E-state index in [2.05, 4.69) is 4.74 Å². The number of ether oxygens (including phenoxy) is 2. The molecule has 1 aromatic carbocycles. The second kappa shape index (κ2) is 5.61. The second-order valence-electron chi connectivity index (χ2n) is 3.10. The third-order valence-corrected chi connectivity index (χ3v) is 2.28. The highest BCUT2D eigenvalue weighted by Gasteiger charge is 2.04. The maximum atomic E-state index is 10.9. The Balaban J connectivity index is 2.66. The van der Waals surface area contributed by atoms with Crippen LogP contribution in [-0.4, -0.2) is 19.7 Å². The lowest BCUT2D eigenvalue weighted by atomic mass is 10.1. The van der Waals surface area contributed by atoms with E-state index in [1.54, 1.807) is 6.07 Å². The summed E-state index contributed by atoms with van der Waals surface area (Å²) >= 11 is 5.69. The van der Waals surface area contributed by atoms with Crippen LogP contribution in [0.5, 0.6) is 5.75 Å². The Bertz CT molecular complexity index is 350. The molecule has 0 bridgehead atoms. The normalized spacial score (nSPS) is 9.80. The number of alkyl halides is 1. The molecule has 0 fully saturated rings. The number of esters is 1. The van der Waals surface area contributed by atoms with Gasteiger partial charge in [0.1, 0.15) is 5.75 Å². The summed E-state index contributed by atoms with van der Waals surface area (Å²) in [5, 5.41) is 0. The van der Waals surface area contributed by atoms with Crippen LogP contribution in [-0.2, 0) is 15.4 Å². The van der Waals surface area contributed by atoms with Crippen molar-refractivity contribution in [2.45, 2.75) is 12.8 Å². The van der Waals surface area contributed by atoms with E-state index in [1.165, 1.54) is 7.11 Å². The van der Waals surface area contributed by atoms with Crippen LogP contribution >= 0.6 is 11.6 Å². The van der Waals surface area contributed by atoms with Gasteiger partial charge in [0, 0.05) is 5.88 Å². The van der Waals surface area contributed by atoms with Crippen LogP contribution in [0.4, 0.5) is 0 Å². The molecule has 0 unspecified atom stereocenters. The highest BCUT2D eigenvalue weighted by Crippen LogP contribution is 2.19. The van der Waals surface area contributed by atoms with E-state index in [9.17, 15) is 4.79 Å². The zero-order valence-corrected chi connectivity index (χ0v) is 9.50. The molecule has 0 heterocycles. The molecule has 1 aromatic rings. The van der Waals surface area contributed by atoms with Gasteiger partial charge in [-0.15, -0.1) is 11.6 Å². The minimum atomic E-state index is -0.393. The van der Waals surface area contributed by atoms with Gasteiger partial charge in [-0.1, -0.05) is 12.1 Å². The summed E-state index contributed by atoms with van der Waals surface area (Å²) in [5.41, 5.74) is 1.98. The van der Waals surface area contributed by atoms with E-state index in [0.717, 1.165) is 11.1 Å². The van der Waals surface area contributed by atoms with E-state index < -0.39 is 5.97 Å². The van der Waals surface area contributed by atoms with Gasteiger partial charge in [0.2, 0.25) is 0 Å². The quantitative estimate of drug-likeness (QED) is 0.586. The Labute approximate surface area is 93.9 Å². The molecular formula is C11H13ClO3. The van der Waals surface area contributed by atoms with Crippen molar-refractivity contribution >= 4 is 17.6 Å². The first kappa shape index (κ1) is 11.9. The maximum Gasteiger partial charge on any atom is 0.343 e. The summed E-state index contributed by atoms with van der Waals surface area (Å²) in [4.78, 5) is 10.9. The molecule has 15 heavy (non-hydrogen) atoms. The minimum Gasteiger partial charge on any atom is -0.482 e. The first-order chi connectivity index (χ1) is 7.17. The molecule has 0 aliphatic heterocycles. The summed E-state index contributed by atoms with van der Waals surface area (Å²) in [6.07, 6.45) is 0. The zero-order chi connectivity index (χ0) is 11.3. The lowest BCUT2D eigenvalue weighted by molar-refractivity contribution is -0.142. The van der Waals surface area contributed by atoms with Gasteiger partial charge in [0.15, 0.2) is 6.61 Å². The third-order valence-electron chi connectivity index (χ3n) is 1.97. The molecule has 1 rings (SSSR count). The predicted molar refractivity (Wildman–Crippen MR) is 58.2 cm³/mol. The lowest BCUT2D eigenvalue weighted by Crippen LogP contribution is -2.13. The maximum absolute atomic E-state index is 10.9. The summed E-state index contributed by atoms with van der Waals surface area (Å²) < 4.78 is 9.74. The average Bonchev–Trinajstić information content (AvgIpc) is 2.26. The van der Waals surface area contributed by atoms with Crippen LogP contribution in [0.1, 0.15) is 11.1 Å². The molecule has 4 heteroatoms. The Hall–Kier alpha value is -1.22. The number of rotatable bonds is 4. The first-order valence-corrected chi connectivity index (χ1v) is 5.06. The van der Waals surface area contributed by atoms with E-state index in [0.29, 0.717) is 11.6 Å². The lowest BCUT2D eigenvalue weighted by Gasteiger charge is -2.08. The predicted octanol–water partition coefficient (Wildman–Crippen LogP) is 2.29. The molecule has 0 aliphatic rings. The fraction of sp³-hybridized carbons (Fsp3) is 0.364. The summed E-state index contributed by atoms with van der Waals surface area (Å²) in [5.74, 6) is 0.753. The van der Waals surface area contributed by atoms with Crippen LogP contribution in [0.3, 0.4) is 0 Å². The molecule has 0 amide bonds. The minimum absolute atomic E-state index is 0.0719. The van der Waals surface area contributed by atoms with Crippen LogP contribution in [0.2, 0.25) is 0 Å². The van der Waals surface area contributed by atoms with Crippen LogP contribution in [0.15, 0.2) is 18.2 Å². The number of carbonyl (C=O) groups is 1. The number of halogens is 1. The molecule has 0 saturated heterocycles. The molecule has 0 saturated carbocycles. The Morgan fingerprint density at radius 2 is 2.20 bits per heavy atom. The monoisotopic (exact) mass is 228 g/mol. The Morgan fingerprint density at radius 3 is 2.73 bits per heavy atom. The largest absolute Gasteiger partial charge is 0.482 e. The molecule has 82 valence electrons. The van der Waals surface area contributed by atoms with Crippen LogP contribution in [0, 0.1) is 6.92 Å². The number of hydrogen-bond acceptors (Lipinski definition) is 3. The van der Waals surface area contributed by atoms with Crippen molar-refractivity contribution in [1.29, 1.82) is 0 Å². The number of hydrogen-bond donors (Lipinski definition) is 0. The van der Waals surface area contributed by atoms with E-state index in [-0.39, 0.29) is 6.61 Å². The Kier molecular flexibility index (Phi) is 4.43. The molecule has 0 radical (unpaired) electrons. The summed E-state index contributed by atoms with van der Waals surface area (Å²) in [7, 11) is 1.33. The highest BCUT2D eigenvalue weighted by atomic mass is 35.5. The average molecular weight is 229 g/mol. The molecule has 0 spiro atoms. The molecule has 0 aromatic heterocycles. The third kappa shape index (κ3) is 3.44. The van der Waals surface area contributed by atoms with E-state index in [4.69, 9.17) is 16.3 Å². The molecule has 3 nitrogen and oxygen atoms in total. The van der Waals surface area contributed by atoms with E-state index in [1.807, 2.05) is 19.1 Å². The molecular weight excluding hydrogens is 216 g/mol. The van der Waals surface area contributed by atoms with Gasteiger partial charge < -0.3 is 9.47 Å². The van der Waals surface area contributed by atoms with Crippen molar-refractivity contribution in [3.05, 3.63) is 29.3 Å². The van der Waals surface area contributed by atoms with Gasteiger partial charge in [-0.2, -0.15) is 0 Å². The van der Waals surface area contributed by atoms with Gasteiger partial charge in [-0.25, -0.2) is 4.79 Å². The Morgan fingerprint density at radius 1 is 1.47 bits per heavy atom. The first-order valence-electron chi connectivity index (χ1n) is 4.52. The number of carbonyl (C=O) groups excluding carboxylic acids is 1. The van der Waals surface area contributed by atoms with Crippen molar-refractivity contribution in [1.82, 2.24) is 0 Å². The molecule has 0 atom stereocenters. The fourth-order valence-electron chi connectivity index (χ4n) is 1.15. The van der Waals surface area contributed by atoms with Gasteiger partial charge in [0.05, 0.1) is 7.11 Å². The van der Waals surface area contributed by atoms with Crippen LogP contribution in [0.25, 0.3) is 0 Å². The van der Waals surface area contributed by atoms with Crippen molar-refractivity contribution in [3.63, 3.8) is 0 Å². The van der Waals surface area contributed by atoms with Gasteiger partial charge in [-0.3, -0.25) is 0 Å². The standard InChI is InChI=1S/C11H13ClO3/c1-8-5-9(6-12)3-4-10(8)15-7-11(13)14-2/h3-5H,6-7H2,1-2H3. The van der Waals surface area contributed by atoms with Crippen molar-refractivity contribution < 1.29 is 14.3 Å². The van der Waals surface area contributed by atoms with Gasteiger partial charge in [0.25, 0.3) is 0 Å². The topological polar surface area (TPSA) is 35.5 Å². The second-order valence-corrected chi connectivity index (χ2v) is 3.37. The van der Waals surface area contributed by atoms with Gasteiger partial charge in [-0.05, 0) is 24.1 Å². The summed E-state index contributed by atoms with van der Waals surface area (Å²) in [6, 6.07) is 5.60. The summed E-state index contributed by atoms with van der Waals surface area (Å²) in [6.45, 7) is 1.83. The zero-order valence-electron chi connectivity index (χ0n) is 8.75. The fourth-order valence-corrected chi connectivity index (χ4v) is 1.32. The van der Waals surface area contributed by atoms with Gasteiger partial charge >= 0.3 is 5.97 Å². The van der Waals surface area contributed by atoms with Crippen LogP contribution < -0.4 is 4.74 Å². The number of benzene rings is 1. The smallest absolute Gasteiger partial charge is 0.343 e. The van der Waals surface area contributed by atoms with Crippen molar-refractivity contribution in [2.75, 3.05) is 13.7 Å². The number of methoxy groups -OCH3 is 1. The van der Waals surface area contributed by atoms with Crippen molar-refractivity contribution in [3.8, 4) is 5.75 Å². The van der Waals surface area contributed by atoms with Crippen molar-refractivity contribution in [2.24, 2.45) is 0 Å². The SMILES string of the molecule is COC(=O)COc1ccc(CCl)cc1C.